The maximum absolute atomic E-state index is 12.5. The van der Waals surface area contributed by atoms with Crippen LogP contribution in [0.15, 0.2) is 76.2 Å². The highest BCUT2D eigenvalue weighted by molar-refractivity contribution is 6.00. The van der Waals surface area contributed by atoms with Crippen molar-refractivity contribution in [3.63, 3.8) is 0 Å². The van der Waals surface area contributed by atoms with E-state index in [-0.39, 0.29) is 24.1 Å². The van der Waals surface area contributed by atoms with Gasteiger partial charge < -0.3 is 24.4 Å². The molecule has 194 valence electrons. The molecule has 2 N–H and O–H groups in total. The number of aromatic nitrogens is 2. The number of carboxylic acid groups (broad SMARTS) is 1. The molecule has 0 spiro atoms. The molecule has 2 aromatic heterocycles. The summed E-state index contributed by atoms with van der Waals surface area (Å²) >= 11 is 0. The third-order valence-corrected chi connectivity index (χ3v) is 5.55. The number of hydrogen-bond donors (Lipinski definition) is 2. The van der Waals surface area contributed by atoms with Crippen LogP contribution in [0.5, 0.6) is 5.75 Å². The first-order chi connectivity index (χ1) is 18.2. The van der Waals surface area contributed by atoms with Crippen LogP contribution < -0.4 is 10.2 Å². The summed E-state index contributed by atoms with van der Waals surface area (Å²) in [6.07, 6.45) is 0. The van der Waals surface area contributed by atoms with E-state index in [1.54, 1.807) is 68.4 Å². The number of aryl methyl sites for hydroxylation is 1. The highest BCUT2D eigenvalue weighted by Gasteiger charge is 2.16. The van der Waals surface area contributed by atoms with Gasteiger partial charge in [0.1, 0.15) is 18.1 Å². The van der Waals surface area contributed by atoms with Crippen molar-refractivity contribution in [3.05, 3.63) is 111 Å². The van der Waals surface area contributed by atoms with E-state index in [2.05, 4.69) is 15.6 Å². The van der Waals surface area contributed by atoms with Crippen molar-refractivity contribution in [3.8, 4) is 5.75 Å². The molecule has 2 aromatic carbocycles. The van der Waals surface area contributed by atoms with Crippen LogP contribution in [0, 0.1) is 17.0 Å². The summed E-state index contributed by atoms with van der Waals surface area (Å²) in [5.74, 6) is -0.949. The molecular formula is C26H23N5O7. The second-order valence-corrected chi connectivity index (χ2v) is 8.28. The van der Waals surface area contributed by atoms with Gasteiger partial charge in [-0.3, -0.25) is 4.79 Å². The predicted octanol–water partition coefficient (Wildman–Crippen LogP) is 4.17. The Morgan fingerprint density at radius 1 is 1.11 bits per heavy atom. The molecule has 1 amide bonds. The number of furan rings is 1. The van der Waals surface area contributed by atoms with E-state index in [1.165, 1.54) is 16.8 Å². The van der Waals surface area contributed by atoms with Gasteiger partial charge in [-0.1, -0.05) is 12.1 Å². The van der Waals surface area contributed by atoms with Crippen molar-refractivity contribution in [1.82, 2.24) is 15.2 Å². The molecule has 12 heteroatoms. The number of ether oxygens (including phenoxy) is 1. The van der Waals surface area contributed by atoms with E-state index >= 15 is 0 Å². The van der Waals surface area contributed by atoms with Crippen molar-refractivity contribution in [2.24, 2.45) is 5.10 Å². The van der Waals surface area contributed by atoms with Gasteiger partial charge in [-0.2, -0.15) is 9.78 Å². The predicted molar refractivity (Wildman–Crippen MR) is 135 cm³/mol. The lowest BCUT2D eigenvalue weighted by molar-refractivity contribution is -0.389. The van der Waals surface area contributed by atoms with Crippen LogP contribution in [0.3, 0.4) is 0 Å². The van der Waals surface area contributed by atoms with Gasteiger partial charge in [0.15, 0.2) is 0 Å². The maximum atomic E-state index is 12.5. The summed E-state index contributed by atoms with van der Waals surface area (Å²) in [4.78, 5) is 33.8. The number of hydrazone groups is 1. The summed E-state index contributed by atoms with van der Waals surface area (Å²) in [5, 5.41) is 27.9. The molecule has 0 radical (unpaired) electrons. The van der Waals surface area contributed by atoms with Gasteiger partial charge >= 0.3 is 11.8 Å². The van der Waals surface area contributed by atoms with E-state index < -0.39 is 10.9 Å². The third-order valence-electron chi connectivity index (χ3n) is 5.55. The first-order valence-electron chi connectivity index (χ1n) is 11.4. The van der Waals surface area contributed by atoms with Crippen molar-refractivity contribution in [2.45, 2.75) is 27.0 Å². The Kier molecular flexibility index (Phi) is 7.61. The molecular weight excluding hydrogens is 494 g/mol. The molecule has 0 saturated carbocycles. The van der Waals surface area contributed by atoms with Crippen LogP contribution in [0.4, 0.5) is 5.82 Å². The summed E-state index contributed by atoms with van der Waals surface area (Å²) in [6, 6.07) is 18.1. The Hall–Kier alpha value is -5.26. The van der Waals surface area contributed by atoms with E-state index in [0.29, 0.717) is 35.0 Å². The Morgan fingerprint density at radius 2 is 1.79 bits per heavy atom. The molecule has 2 heterocycles. The van der Waals surface area contributed by atoms with Crippen molar-refractivity contribution >= 4 is 23.4 Å². The van der Waals surface area contributed by atoms with Gasteiger partial charge in [0.2, 0.25) is 5.76 Å². The summed E-state index contributed by atoms with van der Waals surface area (Å²) in [6.45, 7) is 3.91. The minimum atomic E-state index is -1.14. The van der Waals surface area contributed by atoms with Crippen LogP contribution in [0.2, 0.25) is 0 Å². The Labute approximate surface area is 216 Å². The quantitative estimate of drug-likeness (QED) is 0.180. The molecule has 0 bridgehead atoms. The second kappa shape index (κ2) is 11.2. The summed E-state index contributed by atoms with van der Waals surface area (Å²) in [5.41, 5.74) is 5.77. The number of carboxylic acids is 1. The minimum Gasteiger partial charge on any atom is -0.486 e. The van der Waals surface area contributed by atoms with Gasteiger partial charge in [0.05, 0.1) is 29.1 Å². The monoisotopic (exact) mass is 517 g/mol. The van der Waals surface area contributed by atoms with Gasteiger partial charge in [0.25, 0.3) is 5.91 Å². The molecule has 0 unspecified atom stereocenters. The van der Waals surface area contributed by atoms with Gasteiger partial charge in [-0.25, -0.2) is 10.2 Å². The lowest BCUT2D eigenvalue weighted by Crippen LogP contribution is -2.19. The van der Waals surface area contributed by atoms with Crippen molar-refractivity contribution in [1.29, 1.82) is 0 Å². The number of benzene rings is 2. The zero-order valence-corrected chi connectivity index (χ0v) is 20.5. The summed E-state index contributed by atoms with van der Waals surface area (Å²) in [7, 11) is 0. The topological polar surface area (TPSA) is 162 Å². The molecule has 0 aliphatic carbocycles. The van der Waals surface area contributed by atoms with Crippen LogP contribution in [0.25, 0.3) is 0 Å². The number of carbonyl (C=O) groups is 2. The molecule has 0 aliphatic heterocycles. The average Bonchev–Trinajstić information content (AvgIpc) is 3.54. The second-order valence-electron chi connectivity index (χ2n) is 8.28. The number of nitrogens with zero attached hydrogens (tertiary/aromatic N) is 4. The number of amides is 1. The highest BCUT2D eigenvalue weighted by atomic mass is 16.6. The zero-order valence-electron chi connectivity index (χ0n) is 20.5. The highest BCUT2D eigenvalue weighted by Crippen LogP contribution is 2.17. The Balaban J connectivity index is 1.31. The number of hydrogen-bond acceptors (Lipinski definition) is 8. The first kappa shape index (κ1) is 25.8. The average molecular weight is 517 g/mol. The van der Waals surface area contributed by atoms with Gasteiger partial charge in [-0.05, 0) is 78.4 Å². The zero-order chi connectivity index (χ0) is 27.2. The largest absolute Gasteiger partial charge is 0.486 e. The van der Waals surface area contributed by atoms with E-state index in [4.69, 9.17) is 14.3 Å². The van der Waals surface area contributed by atoms with Crippen LogP contribution in [-0.2, 0) is 13.2 Å². The molecule has 4 aromatic rings. The molecule has 0 saturated heterocycles. The normalized spacial score (nSPS) is 11.3. The summed E-state index contributed by atoms with van der Waals surface area (Å²) < 4.78 is 12.3. The lowest BCUT2D eigenvalue weighted by atomic mass is 10.1. The van der Waals surface area contributed by atoms with Crippen molar-refractivity contribution < 1.29 is 28.8 Å². The van der Waals surface area contributed by atoms with Crippen LogP contribution in [-0.4, -0.2) is 37.4 Å². The van der Waals surface area contributed by atoms with Gasteiger partial charge in [-0.15, -0.1) is 0 Å². The lowest BCUT2D eigenvalue weighted by Gasteiger charge is -2.07. The standard InChI is InChI=1S/C26H23N5O7/c1-16-13-24(31(35)36)29-30(16)14-18-3-5-20(6-4-18)25(32)28-27-17(2)19-7-9-21(10-8-19)37-15-22-11-12-23(38-22)26(33)34/h3-13H,14-15H2,1-2H3,(H,28,32)(H,33,34)/b27-17+. The number of nitrogens with one attached hydrogen (secondary N) is 1. The number of carbonyl (C=O) groups excluding carboxylic acids is 1. The fraction of sp³-hybridized carbons (Fsp3) is 0.154. The number of rotatable bonds is 10. The smallest absolute Gasteiger partial charge is 0.390 e. The van der Waals surface area contributed by atoms with E-state index in [1.807, 2.05) is 0 Å². The van der Waals surface area contributed by atoms with Crippen LogP contribution in [0.1, 0.15) is 50.4 Å². The SMILES string of the molecule is C/C(=N\NC(=O)c1ccc(Cn2nc([N+](=O)[O-])cc2C)cc1)c1ccc(OCc2ccc(C(=O)O)o2)cc1. The maximum Gasteiger partial charge on any atom is 0.390 e. The molecule has 0 atom stereocenters. The third kappa shape index (κ3) is 6.29. The molecule has 12 nitrogen and oxygen atoms in total. The minimum absolute atomic E-state index is 0.0794. The van der Waals surface area contributed by atoms with Crippen LogP contribution >= 0.6 is 0 Å². The molecule has 38 heavy (non-hydrogen) atoms. The number of aromatic carboxylic acids is 1. The molecule has 4 rings (SSSR count). The fourth-order valence-corrected chi connectivity index (χ4v) is 3.46. The Morgan fingerprint density at radius 3 is 2.39 bits per heavy atom. The van der Waals surface area contributed by atoms with E-state index in [0.717, 1.165) is 11.1 Å². The number of nitro groups is 1. The molecule has 0 fully saturated rings. The van der Waals surface area contributed by atoms with E-state index in [9.17, 15) is 19.7 Å². The molecule has 0 aliphatic rings. The van der Waals surface area contributed by atoms with Gasteiger partial charge in [0, 0.05) is 5.56 Å². The fourth-order valence-electron chi connectivity index (χ4n) is 3.46. The van der Waals surface area contributed by atoms with Crippen molar-refractivity contribution in [2.75, 3.05) is 0 Å². The first-order valence-corrected chi connectivity index (χ1v) is 11.4. The Bertz CT molecular complexity index is 1500.